The Labute approximate surface area is 151 Å². The molecule has 0 aliphatic carbocycles. The van der Waals surface area contributed by atoms with Crippen molar-refractivity contribution in [3.63, 3.8) is 0 Å². The maximum atomic E-state index is 11.4. The Morgan fingerprint density at radius 3 is 1.70 bits per heavy atom. The lowest BCUT2D eigenvalue weighted by molar-refractivity contribution is 1.53. The summed E-state index contributed by atoms with van der Waals surface area (Å²) >= 11 is 14.0. The van der Waals surface area contributed by atoms with Crippen LogP contribution in [-0.4, -0.2) is 11.5 Å². The van der Waals surface area contributed by atoms with E-state index in [1.54, 1.807) is 23.5 Å². The van der Waals surface area contributed by atoms with Crippen molar-refractivity contribution in [2.75, 3.05) is 11.5 Å². The normalized spacial score (nSPS) is 18.3. The van der Waals surface area contributed by atoms with Gasteiger partial charge in [-0.25, -0.2) is 0 Å². The van der Waals surface area contributed by atoms with Gasteiger partial charge in [-0.1, -0.05) is 83.6 Å². The Kier molecular flexibility index (Phi) is 5.97. The zero-order chi connectivity index (χ0) is 14.1. The molecular weight excluding hydrogens is 405 g/mol. The highest BCUT2D eigenvalue weighted by atomic mass is 32.3. The van der Waals surface area contributed by atoms with Crippen molar-refractivity contribution in [1.82, 2.24) is 0 Å². The van der Waals surface area contributed by atoms with Gasteiger partial charge >= 0.3 is 0 Å². The lowest BCUT2D eigenvalue weighted by Gasteiger charge is -2.00. The quantitative estimate of drug-likeness (QED) is 0.544. The summed E-state index contributed by atoms with van der Waals surface area (Å²) in [7, 11) is 0. The molecule has 0 atom stereocenters. The van der Waals surface area contributed by atoms with Gasteiger partial charge in [0.25, 0.3) is 4.06 Å². The molecule has 20 heavy (non-hydrogen) atoms. The minimum Gasteiger partial charge on any atom is -0.265 e. The molecule has 1 aromatic heterocycles. The summed E-state index contributed by atoms with van der Waals surface area (Å²) in [6.07, 6.45) is 0. The number of rotatable bonds is 4. The van der Waals surface area contributed by atoms with Crippen LogP contribution in [0.15, 0.2) is 30.2 Å². The third-order valence-electron chi connectivity index (χ3n) is 2.14. The molecule has 0 N–H and O–H groups in total. The summed E-state index contributed by atoms with van der Waals surface area (Å²) in [5, 5.41) is 0. The standard InChI is InChI=1S/C11H10OS8/c1-3-13-5-6(14-4-2)16-7(15-5)8-17-9-10(18-8)20-11(12)19-9/h3-4H2,1-2H3. The summed E-state index contributed by atoms with van der Waals surface area (Å²) in [5.74, 6) is 2.24. The Hall–Kier alpha value is 1.43. The molecule has 3 rings (SSSR count). The summed E-state index contributed by atoms with van der Waals surface area (Å²) in [6, 6.07) is 0. The molecule has 9 heteroatoms. The van der Waals surface area contributed by atoms with Crippen LogP contribution in [0.25, 0.3) is 0 Å². The van der Waals surface area contributed by atoms with E-state index in [1.165, 1.54) is 48.0 Å². The fourth-order valence-electron chi connectivity index (χ4n) is 1.45. The van der Waals surface area contributed by atoms with Crippen LogP contribution in [0, 0.1) is 0 Å². The van der Waals surface area contributed by atoms with E-state index in [1.807, 2.05) is 47.0 Å². The van der Waals surface area contributed by atoms with Crippen LogP contribution < -0.4 is 4.06 Å². The summed E-state index contributed by atoms with van der Waals surface area (Å²) in [6.45, 7) is 4.41. The molecule has 3 heterocycles. The van der Waals surface area contributed by atoms with E-state index in [2.05, 4.69) is 13.8 Å². The Morgan fingerprint density at radius 1 is 0.800 bits per heavy atom. The second kappa shape index (κ2) is 7.33. The first kappa shape index (κ1) is 16.3. The maximum Gasteiger partial charge on any atom is 0.289 e. The predicted octanol–water partition coefficient (Wildman–Crippen LogP) is 6.61. The second-order valence-corrected chi connectivity index (χ2v) is 13.9. The van der Waals surface area contributed by atoms with Crippen molar-refractivity contribution in [3.8, 4) is 0 Å². The highest BCUT2D eigenvalue weighted by Gasteiger charge is 2.30. The molecule has 1 aromatic rings. The molecule has 0 amide bonds. The smallest absolute Gasteiger partial charge is 0.265 e. The van der Waals surface area contributed by atoms with Crippen LogP contribution in [0.1, 0.15) is 13.8 Å². The predicted molar refractivity (Wildman–Crippen MR) is 106 cm³/mol. The monoisotopic (exact) mass is 414 g/mol. The Balaban J connectivity index is 1.79. The molecule has 2 aliphatic heterocycles. The topological polar surface area (TPSA) is 17.1 Å². The molecular formula is C11H10OS8. The van der Waals surface area contributed by atoms with Crippen LogP contribution in [0.3, 0.4) is 0 Å². The molecule has 0 fully saturated rings. The zero-order valence-corrected chi connectivity index (χ0v) is 17.1. The average molecular weight is 415 g/mol. The first-order chi connectivity index (χ1) is 9.71. The maximum absolute atomic E-state index is 11.4. The number of hydrogen-bond donors (Lipinski definition) is 0. The van der Waals surface area contributed by atoms with Gasteiger partial charge in [-0.05, 0) is 11.5 Å². The van der Waals surface area contributed by atoms with Crippen molar-refractivity contribution >= 4 is 93.2 Å². The van der Waals surface area contributed by atoms with Gasteiger partial charge in [0.2, 0.25) is 0 Å². The Morgan fingerprint density at radius 2 is 1.25 bits per heavy atom. The van der Waals surface area contributed by atoms with Crippen LogP contribution in [0.5, 0.6) is 0 Å². The number of fused-ring (bicyclic) bond motifs is 1. The van der Waals surface area contributed by atoms with E-state index in [4.69, 9.17) is 0 Å². The first-order valence-corrected chi connectivity index (χ1v) is 12.7. The SMILES string of the molecule is CCSC1=C(SCC)SC(=C2Sc3sc(=O)sc3S2)S1. The minimum absolute atomic E-state index is 0.216. The van der Waals surface area contributed by atoms with Gasteiger partial charge in [-0.15, -0.1) is 23.5 Å². The molecule has 0 saturated carbocycles. The molecule has 0 unspecified atom stereocenters. The third kappa shape index (κ3) is 3.50. The van der Waals surface area contributed by atoms with Gasteiger partial charge in [0, 0.05) is 0 Å². The molecule has 108 valence electrons. The molecule has 2 aliphatic rings. The van der Waals surface area contributed by atoms with Gasteiger partial charge in [-0.2, -0.15) is 0 Å². The van der Waals surface area contributed by atoms with Crippen molar-refractivity contribution < 1.29 is 0 Å². The van der Waals surface area contributed by atoms with E-state index in [0.29, 0.717) is 0 Å². The lowest BCUT2D eigenvalue weighted by atomic mass is 11.0. The number of thioether (sulfide) groups is 6. The first-order valence-electron chi connectivity index (χ1n) is 5.80. The molecule has 0 spiro atoms. The Bertz CT molecular complexity index is 589. The van der Waals surface area contributed by atoms with Crippen molar-refractivity contribution in [2.24, 2.45) is 0 Å². The van der Waals surface area contributed by atoms with E-state index >= 15 is 0 Å². The van der Waals surface area contributed by atoms with Gasteiger partial charge in [0.1, 0.15) is 0 Å². The van der Waals surface area contributed by atoms with E-state index in [-0.39, 0.29) is 4.06 Å². The van der Waals surface area contributed by atoms with Crippen molar-refractivity contribution in [2.45, 2.75) is 22.3 Å². The fourth-order valence-corrected chi connectivity index (χ4v) is 13.1. The van der Waals surface area contributed by atoms with Crippen LogP contribution in [0.2, 0.25) is 0 Å². The van der Waals surface area contributed by atoms with Gasteiger partial charge < -0.3 is 0 Å². The van der Waals surface area contributed by atoms with Crippen LogP contribution in [0.4, 0.5) is 0 Å². The number of hydrogen-bond acceptors (Lipinski definition) is 9. The van der Waals surface area contributed by atoms with Crippen LogP contribution >= 0.6 is 93.2 Å². The molecule has 1 nitrogen and oxygen atoms in total. The largest absolute Gasteiger partial charge is 0.289 e. The fraction of sp³-hybridized carbons (Fsp3) is 0.364. The molecule has 0 saturated heterocycles. The van der Waals surface area contributed by atoms with E-state index in [0.717, 1.165) is 11.5 Å². The van der Waals surface area contributed by atoms with Gasteiger partial charge in [-0.3, -0.25) is 4.79 Å². The molecule has 0 aromatic carbocycles. The second-order valence-electron chi connectivity index (χ2n) is 3.45. The van der Waals surface area contributed by atoms with Crippen molar-refractivity contribution in [3.05, 3.63) is 25.8 Å². The van der Waals surface area contributed by atoms with Crippen LogP contribution in [-0.2, 0) is 0 Å². The van der Waals surface area contributed by atoms with Gasteiger partial charge in [0.05, 0.1) is 25.4 Å². The minimum atomic E-state index is 0.216. The lowest BCUT2D eigenvalue weighted by Crippen LogP contribution is -1.75. The van der Waals surface area contributed by atoms with E-state index in [9.17, 15) is 4.79 Å². The van der Waals surface area contributed by atoms with E-state index < -0.39 is 0 Å². The zero-order valence-electron chi connectivity index (χ0n) is 10.6. The highest BCUT2D eigenvalue weighted by Crippen LogP contribution is 2.64. The summed E-state index contributed by atoms with van der Waals surface area (Å²) in [5.41, 5.74) is 0. The molecule has 0 radical (unpaired) electrons. The highest BCUT2D eigenvalue weighted by molar-refractivity contribution is 8.42. The molecule has 0 bridgehead atoms. The van der Waals surface area contributed by atoms with Gasteiger partial charge in [0.15, 0.2) is 0 Å². The summed E-state index contributed by atoms with van der Waals surface area (Å²) < 4.78 is 8.26. The van der Waals surface area contributed by atoms with Crippen molar-refractivity contribution in [1.29, 1.82) is 0 Å². The third-order valence-corrected chi connectivity index (χ3v) is 13.1. The average Bonchev–Trinajstić information content (AvgIpc) is 3.03. The summed E-state index contributed by atoms with van der Waals surface area (Å²) in [4.78, 5) is 11.4.